The van der Waals surface area contributed by atoms with Crippen LogP contribution < -0.4 is 5.32 Å². The van der Waals surface area contributed by atoms with E-state index in [9.17, 15) is 9.59 Å². The second-order valence-electron chi connectivity index (χ2n) is 7.82. The van der Waals surface area contributed by atoms with E-state index >= 15 is 0 Å². The Bertz CT molecular complexity index is 1180. The van der Waals surface area contributed by atoms with Gasteiger partial charge in [-0.3, -0.25) is 9.59 Å². The predicted octanol–water partition coefficient (Wildman–Crippen LogP) is 6.92. The van der Waals surface area contributed by atoms with Crippen LogP contribution >= 0.6 is 58.2 Å². The van der Waals surface area contributed by atoms with Crippen LogP contribution in [0.3, 0.4) is 0 Å². The highest BCUT2D eigenvalue weighted by Crippen LogP contribution is 2.27. The van der Waals surface area contributed by atoms with Gasteiger partial charge >= 0.3 is 0 Å². The molecule has 0 heterocycles. The second-order valence-corrected chi connectivity index (χ2v) is 10.5. The van der Waals surface area contributed by atoms with E-state index in [4.69, 9.17) is 46.4 Å². The lowest BCUT2D eigenvalue weighted by Gasteiger charge is -2.31. The summed E-state index contributed by atoms with van der Waals surface area (Å²) < 4.78 is 0. The molecule has 0 aromatic heterocycles. The quantitative estimate of drug-likeness (QED) is 0.288. The minimum absolute atomic E-state index is 0.174. The number of benzene rings is 3. The zero-order valence-electron chi connectivity index (χ0n) is 18.9. The number of halogens is 4. The SMILES string of the molecule is CNC(=O)[C@@H](Cc1ccccc1)N(Cc1ccc(Cl)cc1Cl)C(=O)CSCc1ccc(Cl)c(Cl)c1. The van der Waals surface area contributed by atoms with E-state index in [2.05, 4.69) is 5.32 Å². The topological polar surface area (TPSA) is 49.4 Å². The summed E-state index contributed by atoms with van der Waals surface area (Å²) >= 11 is 26.0. The Morgan fingerprint density at radius 2 is 1.63 bits per heavy atom. The molecule has 184 valence electrons. The minimum Gasteiger partial charge on any atom is -0.357 e. The molecular weight excluding hydrogens is 546 g/mol. The fourth-order valence-electron chi connectivity index (χ4n) is 3.52. The van der Waals surface area contributed by atoms with Gasteiger partial charge in [0.2, 0.25) is 11.8 Å². The standard InChI is InChI=1S/C26H24Cl4N2O2S/c1-31-26(34)24(12-17-5-3-2-4-6-17)32(14-19-8-9-20(27)13-22(19)29)25(33)16-35-15-18-7-10-21(28)23(30)11-18/h2-11,13,24H,12,14-16H2,1H3,(H,31,34)/t24-/m1/s1. The smallest absolute Gasteiger partial charge is 0.242 e. The Hall–Kier alpha value is -1.89. The lowest BCUT2D eigenvalue weighted by Crippen LogP contribution is -2.50. The molecule has 0 saturated carbocycles. The van der Waals surface area contributed by atoms with E-state index in [1.165, 1.54) is 11.8 Å². The minimum atomic E-state index is -0.716. The van der Waals surface area contributed by atoms with Gasteiger partial charge in [0.15, 0.2) is 0 Å². The van der Waals surface area contributed by atoms with Gasteiger partial charge in [-0.1, -0.05) is 88.9 Å². The van der Waals surface area contributed by atoms with E-state index in [1.807, 2.05) is 36.4 Å². The van der Waals surface area contributed by atoms with Crippen molar-refractivity contribution < 1.29 is 9.59 Å². The van der Waals surface area contributed by atoms with Gasteiger partial charge in [-0.2, -0.15) is 0 Å². The first-order valence-electron chi connectivity index (χ1n) is 10.8. The van der Waals surface area contributed by atoms with E-state index in [-0.39, 0.29) is 24.1 Å². The van der Waals surface area contributed by atoms with Crippen molar-refractivity contribution >= 4 is 70.0 Å². The zero-order chi connectivity index (χ0) is 25.4. The largest absolute Gasteiger partial charge is 0.357 e. The van der Waals surface area contributed by atoms with E-state index in [0.29, 0.717) is 37.8 Å². The molecule has 0 aliphatic rings. The fraction of sp³-hybridized carbons (Fsp3) is 0.231. The third-order valence-electron chi connectivity index (χ3n) is 5.35. The van der Waals surface area contributed by atoms with Crippen molar-refractivity contribution in [2.24, 2.45) is 0 Å². The summed E-state index contributed by atoms with van der Waals surface area (Å²) in [7, 11) is 1.57. The highest BCUT2D eigenvalue weighted by molar-refractivity contribution is 7.99. The van der Waals surface area contributed by atoms with Gasteiger partial charge in [0.1, 0.15) is 6.04 Å². The van der Waals surface area contributed by atoms with Crippen molar-refractivity contribution in [3.05, 3.63) is 104 Å². The van der Waals surface area contributed by atoms with Crippen molar-refractivity contribution in [3.8, 4) is 0 Å². The van der Waals surface area contributed by atoms with Crippen LogP contribution in [0.2, 0.25) is 20.1 Å². The lowest BCUT2D eigenvalue weighted by molar-refractivity contribution is -0.139. The second kappa shape index (κ2) is 13.4. The molecule has 0 radical (unpaired) electrons. The molecular formula is C26H24Cl4N2O2S. The predicted molar refractivity (Wildman–Crippen MR) is 148 cm³/mol. The normalized spacial score (nSPS) is 11.7. The van der Waals surface area contributed by atoms with Crippen molar-refractivity contribution in [3.63, 3.8) is 0 Å². The number of thioether (sulfide) groups is 1. The number of rotatable bonds is 10. The molecule has 0 saturated heterocycles. The molecule has 3 rings (SSSR count). The summed E-state index contributed by atoms with van der Waals surface area (Å²) in [5, 5.41) is 4.60. The van der Waals surface area contributed by atoms with E-state index in [0.717, 1.165) is 11.1 Å². The fourth-order valence-corrected chi connectivity index (χ4v) is 5.17. The Labute approximate surface area is 229 Å². The van der Waals surface area contributed by atoms with Crippen LogP contribution in [0.4, 0.5) is 0 Å². The molecule has 0 unspecified atom stereocenters. The van der Waals surface area contributed by atoms with Crippen LogP contribution in [0.25, 0.3) is 0 Å². The molecule has 0 fully saturated rings. The van der Waals surface area contributed by atoms with Crippen LogP contribution in [0.5, 0.6) is 0 Å². The average molecular weight is 570 g/mol. The maximum Gasteiger partial charge on any atom is 0.242 e. The van der Waals surface area contributed by atoms with Gasteiger partial charge in [0.05, 0.1) is 15.8 Å². The van der Waals surface area contributed by atoms with Crippen molar-refractivity contribution in [2.75, 3.05) is 12.8 Å². The number of hydrogen-bond donors (Lipinski definition) is 1. The summed E-state index contributed by atoms with van der Waals surface area (Å²) in [6, 6.07) is 19.4. The molecule has 0 bridgehead atoms. The summed E-state index contributed by atoms with van der Waals surface area (Å²) in [4.78, 5) is 28.0. The van der Waals surface area contributed by atoms with Gasteiger partial charge in [0, 0.05) is 35.8 Å². The van der Waals surface area contributed by atoms with Gasteiger partial charge in [0.25, 0.3) is 0 Å². The molecule has 3 aromatic rings. The highest BCUT2D eigenvalue weighted by atomic mass is 35.5. The monoisotopic (exact) mass is 568 g/mol. The summed E-state index contributed by atoms with van der Waals surface area (Å²) in [6.45, 7) is 0.174. The number of carbonyl (C=O) groups is 2. The van der Waals surface area contributed by atoms with Crippen molar-refractivity contribution in [1.29, 1.82) is 0 Å². The number of nitrogens with one attached hydrogen (secondary N) is 1. The third kappa shape index (κ3) is 8.06. The molecule has 4 nitrogen and oxygen atoms in total. The summed E-state index contributed by atoms with van der Waals surface area (Å²) in [6.07, 6.45) is 0.370. The number of amides is 2. The molecule has 2 amide bonds. The Morgan fingerprint density at radius 1 is 0.886 bits per heavy atom. The number of likely N-dealkylation sites (N-methyl/N-ethyl adjacent to an activating group) is 1. The molecule has 0 spiro atoms. The van der Waals surface area contributed by atoms with Gasteiger partial charge < -0.3 is 10.2 Å². The first-order chi connectivity index (χ1) is 16.8. The first-order valence-corrected chi connectivity index (χ1v) is 13.5. The third-order valence-corrected chi connectivity index (χ3v) is 7.67. The maximum absolute atomic E-state index is 13.5. The maximum atomic E-state index is 13.5. The van der Waals surface area contributed by atoms with Crippen LogP contribution in [0.15, 0.2) is 66.7 Å². The number of carbonyl (C=O) groups excluding carboxylic acids is 2. The molecule has 9 heteroatoms. The Kier molecular flexibility index (Phi) is 10.6. The molecule has 1 N–H and O–H groups in total. The molecule has 35 heavy (non-hydrogen) atoms. The van der Waals surface area contributed by atoms with Crippen molar-refractivity contribution in [1.82, 2.24) is 10.2 Å². The van der Waals surface area contributed by atoms with E-state index < -0.39 is 6.04 Å². The summed E-state index contributed by atoms with van der Waals surface area (Å²) in [5.74, 6) is 0.322. The highest BCUT2D eigenvalue weighted by Gasteiger charge is 2.30. The Balaban J connectivity index is 1.83. The molecule has 1 atom stereocenters. The molecule has 0 aliphatic carbocycles. The van der Waals surface area contributed by atoms with Gasteiger partial charge in [-0.05, 0) is 41.0 Å². The van der Waals surface area contributed by atoms with Crippen LogP contribution in [-0.4, -0.2) is 35.6 Å². The van der Waals surface area contributed by atoms with Gasteiger partial charge in [-0.25, -0.2) is 0 Å². The van der Waals surface area contributed by atoms with Gasteiger partial charge in [-0.15, -0.1) is 11.8 Å². The Morgan fingerprint density at radius 3 is 2.29 bits per heavy atom. The first kappa shape index (κ1) is 27.7. The van der Waals surface area contributed by atoms with Crippen LogP contribution in [-0.2, 0) is 28.3 Å². The van der Waals surface area contributed by atoms with Crippen molar-refractivity contribution in [2.45, 2.75) is 24.8 Å². The number of nitrogens with zero attached hydrogens (tertiary/aromatic N) is 1. The molecule has 3 aromatic carbocycles. The lowest BCUT2D eigenvalue weighted by atomic mass is 10.0. The number of hydrogen-bond acceptors (Lipinski definition) is 3. The zero-order valence-corrected chi connectivity index (χ0v) is 22.8. The van der Waals surface area contributed by atoms with E-state index in [1.54, 1.807) is 42.3 Å². The van der Waals surface area contributed by atoms with Crippen LogP contribution in [0.1, 0.15) is 16.7 Å². The van der Waals surface area contributed by atoms with Crippen LogP contribution in [0, 0.1) is 0 Å². The molecule has 0 aliphatic heterocycles. The summed E-state index contributed by atoms with van der Waals surface area (Å²) in [5.41, 5.74) is 2.61. The average Bonchev–Trinajstić information content (AvgIpc) is 2.84.